The van der Waals surface area contributed by atoms with Crippen molar-refractivity contribution in [3.05, 3.63) is 29.8 Å². The highest BCUT2D eigenvalue weighted by Gasteiger charge is 2.35. The fourth-order valence-corrected chi connectivity index (χ4v) is 1.90. The predicted molar refractivity (Wildman–Crippen MR) is 58.4 cm³/mol. The first kappa shape index (κ1) is 10.0. The molecule has 0 spiro atoms. The summed E-state index contributed by atoms with van der Waals surface area (Å²) in [4.78, 5) is 0. The van der Waals surface area contributed by atoms with Gasteiger partial charge < -0.3 is 10.4 Å². The largest absolute Gasteiger partial charge is 0.394 e. The van der Waals surface area contributed by atoms with Gasteiger partial charge in [-0.25, -0.2) is 0 Å². The van der Waals surface area contributed by atoms with Gasteiger partial charge in [0.25, 0.3) is 0 Å². The van der Waals surface area contributed by atoms with E-state index in [0.717, 1.165) is 24.9 Å². The Hall–Kier alpha value is -1.53. The second-order valence-corrected chi connectivity index (χ2v) is 4.11. The molecule has 0 bridgehead atoms. The summed E-state index contributed by atoms with van der Waals surface area (Å²) in [6.45, 7) is 0.157. The van der Waals surface area contributed by atoms with Crippen LogP contribution >= 0.6 is 0 Å². The van der Waals surface area contributed by atoms with Crippen molar-refractivity contribution in [2.45, 2.75) is 24.8 Å². The number of aliphatic hydroxyl groups is 1. The summed E-state index contributed by atoms with van der Waals surface area (Å²) >= 11 is 0. The highest BCUT2D eigenvalue weighted by Crippen LogP contribution is 2.34. The van der Waals surface area contributed by atoms with Crippen molar-refractivity contribution in [1.82, 2.24) is 0 Å². The zero-order valence-corrected chi connectivity index (χ0v) is 8.53. The van der Waals surface area contributed by atoms with Gasteiger partial charge in [-0.3, -0.25) is 0 Å². The molecule has 1 fully saturated rings. The molecular formula is C12H14N2O. The molecular weight excluding hydrogens is 188 g/mol. The molecule has 1 aliphatic rings. The van der Waals surface area contributed by atoms with Gasteiger partial charge >= 0.3 is 0 Å². The van der Waals surface area contributed by atoms with E-state index < -0.39 is 0 Å². The third kappa shape index (κ3) is 1.95. The van der Waals surface area contributed by atoms with Crippen LogP contribution in [-0.2, 0) is 0 Å². The van der Waals surface area contributed by atoms with Crippen LogP contribution in [0.4, 0.5) is 5.69 Å². The Morgan fingerprint density at radius 3 is 2.80 bits per heavy atom. The highest BCUT2D eigenvalue weighted by atomic mass is 16.3. The third-order valence-electron chi connectivity index (χ3n) is 3.01. The first-order chi connectivity index (χ1) is 7.28. The van der Waals surface area contributed by atoms with Gasteiger partial charge in [-0.05, 0) is 37.5 Å². The van der Waals surface area contributed by atoms with E-state index in [1.54, 1.807) is 6.07 Å². The lowest BCUT2D eigenvalue weighted by molar-refractivity contribution is 0.144. The van der Waals surface area contributed by atoms with Gasteiger partial charge in [0.15, 0.2) is 0 Å². The minimum absolute atomic E-state index is 0.145. The van der Waals surface area contributed by atoms with Crippen LogP contribution in [0.5, 0.6) is 0 Å². The number of aliphatic hydroxyl groups excluding tert-OH is 1. The average molecular weight is 202 g/mol. The van der Waals surface area contributed by atoms with E-state index in [1.165, 1.54) is 0 Å². The van der Waals surface area contributed by atoms with Crippen LogP contribution in [0.1, 0.15) is 24.8 Å². The highest BCUT2D eigenvalue weighted by molar-refractivity contribution is 5.51. The topological polar surface area (TPSA) is 56.0 Å². The molecule has 1 saturated carbocycles. The number of hydrogen-bond donors (Lipinski definition) is 2. The fraction of sp³-hybridized carbons (Fsp3) is 0.417. The Morgan fingerprint density at radius 2 is 2.27 bits per heavy atom. The van der Waals surface area contributed by atoms with Crippen molar-refractivity contribution in [3.8, 4) is 6.07 Å². The van der Waals surface area contributed by atoms with Crippen molar-refractivity contribution in [2.75, 3.05) is 11.9 Å². The van der Waals surface area contributed by atoms with E-state index in [1.807, 2.05) is 18.2 Å². The smallest absolute Gasteiger partial charge is 0.0992 e. The first-order valence-electron chi connectivity index (χ1n) is 5.17. The van der Waals surface area contributed by atoms with Crippen LogP contribution in [0.2, 0.25) is 0 Å². The van der Waals surface area contributed by atoms with Crippen LogP contribution in [0, 0.1) is 11.3 Å². The number of benzene rings is 1. The Bertz CT molecular complexity index is 385. The Morgan fingerprint density at radius 1 is 1.47 bits per heavy atom. The van der Waals surface area contributed by atoms with Crippen LogP contribution in [0.25, 0.3) is 0 Å². The van der Waals surface area contributed by atoms with Crippen LogP contribution < -0.4 is 5.32 Å². The molecule has 78 valence electrons. The summed E-state index contributed by atoms with van der Waals surface area (Å²) in [6, 6.07) is 9.47. The molecule has 0 heterocycles. The lowest BCUT2D eigenvalue weighted by Gasteiger charge is -2.41. The second kappa shape index (κ2) is 3.92. The Labute approximate surface area is 89.4 Å². The molecule has 0 radical (unpaired) electrons. The molecule has 0 atom stereocenters. The lowest BCUT2D eigenvalue weighted by Crippen LogP contribution is -2.48. The first-order valence-corrected chi connectivity index (χ1v) is 5.17. The molecule has 0 aromatic heterocycles. The maximum absolute atomic E-state index is 9.30. The summed E-state index contributed by atoms with van der Waals surface area (Å²) in [5.74, 6) is 0. The molecule has 2 rings (SSSR count). The summed E-state index contributed by atoms with van der Waals surface area (Å²) in [5, 5.41) is 21.4. The molecule has 1 aliphatic carbocycles. The van der Waals surface area contributed by atoms with Gasteiger partial charge in [0, 0.05) is 5.69 Å². The predicted octanol–water partition coefficient (Wildman–Crippen LogP) is 1.89. The van der Waals surface area contributed by atoms with Gasteiger partial charge in [0.2, 0.25) is 0 Å². The summed E-state index contributed by atoms with van der Waals surface area (Å²) in [6.07, 6.45) is 3.16. The molecule has 0 aliphatic heterocycles. The number of nitriles is 1. The maximum Gasteiger partial charge on any atom is 0.0992 e. The zero-order valence-electron chi connectivity index (χ0n) is 8.53. The lowest BCUT2D eigenvalue weighted by atomic mass is 9.77. The van der Waals surface area contributed by atoms with Gasteiger partial charge in [0.05, 0.1) is 23.8 Å². The van der Waals surface area contributed by atoms with Crippen molar-refractivity contribution >= 4 is 5.69 Å². The van der Waals surface area contributed by atoms with E-state index in [2.05, 4.69) is 11.4 Å². The van der Waals surface area contributed by atoms with E-state index >= 15 is 0 Å². The molecule has 0 amide bonds. The van der Waals surface area contributed by atoms with Crippen molar-refractivity contribution < 1.29 is 5.11 Å². The van der Waals surface area contributed by atoms with E-state index in [9.17, 15) is 5.11 Å². The van der Waals surface area contributed by atoms with Gasteiger partial charge in [-0.2, -0.15) is 5.26 Å². The molecule has 0 saturated heterocycles. The molecule has 0 unspecified atom stereocenters. The number of nitrogens with one attached hydrogen (secondary N) is 1. The molecule has 3 nitrogen and oxygen atoms in total. The van der Waals surface area contributed by atoms with Gasteiger partial charge in [0.1, 0.15) is 0 Å². The third-order valence-corrected chi connectivity index (χ3v) is 3.01. The van der Waals surface area contributed by atoms with Gasteiger partial charge in [-0.1, -0.05) is 6.07 Å². The number of anilines is 1. The van der Waals surface area contributed by atoms with Crippen molar-refractivity contribution in [3.63, 3.8) is 0 Å². The van der Waals surface area contributed by atoms with Crippen LogP contribution in [-0.4, -0.2) is 17.3 Å². The molecule has 1 aromatic rings. The minimum atomic E-state index is -0.145. The summed E-state index contributed by atoms with van der Waals surface area (Å²) in [5.41, 5.74) is 1.42. The fourth-order valence-electron chi connectivity index (χ4n) is 1.90. The van der Waals surface area contributed by atoms with Crippen LogP contribution in [0.3, 0.4) is 0 Å². The van der Waals surface area contributed by atoms with Crippen LogP contribution in [0.15, 0.2) is 24.3 Å². The monoisotopic (exact) mass is 202 g/mol. The molecule has 3 heteroatoms. The Kier molecular flexibility index (Phi) is 2.61. The normalized spacial score (nSPS) is 17.6. The number of hydrogen-bond acceptors (Lipinski definition) is 3. The Balaban J connectivity index is 2.13. The SMILES string of the molecule is N#Cc1cccc(NC2(CO)CCC2)c1. The van der Waals surface area contributed by atoms with E-state index in [4.69, 9.17) is 5.26 Å². The standard InChI is InChI=1S/C12H14N2O/c13-8-10-3-1-4-11(7-10)14-12(9-15)5-2-6-12/h1,3-4,7,14-15H,2,5-6,9H2. The molecule has 1 aromatic carbocycles. The average Bonchev–Trinajstić information content (AvgIpc) is 2.24. The van der Waals surface area contributed by atoms with E-state index in [0.29, 0.717) is 5.56 Å². The summed E-state index contributed by atoms with van der Waals surface area (Å²) in [7, 11) is 0. The van der Waals surface area contributed by atoms with Gasteiger partial charge in [-0.15, -0.1) is 0 Å². The number of nitrogens with zero attached hydrogens (tertiary/aromatic N) is 1. The molecule has 15 heavy (non-hydrogen) atoms. The quantitative estimate of drug-likeness (QED) is 0.786. The van der Waals surface area contributed by atoms with E-state index in [-0.39, 0.29) is 12.1 Å². The second-order valence-electron chi connectivity index (χ2n) is 4.11. The van der Waals surface area contributed by atoms with Crippen molar-refractivity contribution in [1.29, 1.82) is 5.26 Å². The molecule has 2 N–H and O–H groups in total. The minimum Gasteiger partial charge on any atom is -0.394 e. The maximum atomic E-state index is 9.30. The zero-order chi connectivity index (χ0) is 10.7. The summed E-state index contributed by atoms with van der Waals surface area (Å²) < 4.78 is 0. The number of rotatable bonds is 3. The van der Waals surface area contributed by atoms with Crippen molar-refractivity contribution in [2.24, 2.45) is 0 Å².